The third-order valence-electron chi connectivity index (χ3n) is 3.07. The van der Waals surface area contributed by atoms with E-state index in [1.54, 1.807) is 12.4 Å². The third kappa shape index (κ3) is 2.17. The van der Waals surface area contributed by atoms with Crippen LogP contribution in [0.4, 0.5) is 11.6 Å². The summed E-state index contributed by atoms with van der Waals surface area (Å²) in [6.07, 6.45) is 6.14. The minimum atomic E-state index is -0.00452. The van der Waals surface area contributed by atoms with Crippen molar-refractivity contribution in [2.75, 3.05) is 30.0 Å². The van der Waals surface area contributed by atoms with E-state index in [4.69, 9.17) is 5.84 Å². The maximum atomic E-state index is 11.6. The molecule has 8 nitrogen and oxygen atoms in total. The van der Waals surface area contributed by atoms with Gasteiger partial charge in [-0.05, 0) is 6.42 Å². The monoisotopic (exact) mass is 261 g/mol. The number of rotatable bonds is 2. The smallest absolute Gasteiger partial charge is 0.239 e. The summed E-state index contributed by atoms with van der Waals surface area (Å²) in [4.78, 5) is 22.3. The van der Waals surface area contributed by atoms with E-state index in [9.17, 15) is 4.79 Å². The highest BCUT2D eigenvalue weighted by molar-refractivity contribution is 5.83. The summed E-state index contributed by atoms with van der Waals surface area (Å²) < 4.78 is 1.83. The van der Waals surface area contributed by atoms with Gasteiger partial charge in [0.1, 0.15) is 0 Å². The largest absolute Gasteiger partial charge is 0.354 e. The molecule has 8 heteroatoms. The van der Waals surface area contributed by atoms with Crippen LogP contribution in [0.2, 0.25) is 0 Å². The van der Waals surface area contributed by atoms with E-state index >= 15 is 0 Å². The average Bonchev–Trinajstić information content (AvgIpc) is 2.79. The summed E-state index contributed by atoms with van der Waals surface area (Å²) in [5, 5.41) is 2.84. The highest BCUT2D eigenvalue weighted by Gasteiger charge is 2.19. The molecule has 3 rings (SSSR count). The number of hydrazine groups is 1. The van der Waals surface area contributed by atoms with Gasteiger partial charge in [0.2, 0.25) is 5.91 Å². The van der Waals surface area contributed by atoms with Gasteiger partial charge in [0.25, 0.3) is 0 Å². The Balaban J connectivity index is 2.06. The second kappa shape index (κ2) is 4.73. The lowest BCUT2D eigenvalue weighted by atomic mass is 10.4. The zero-order valence-electron chi connectivity index (χ0n) is 10.3. The zero-order chi connectivity index (χ0) is 13.2. The van der Waals surface area contributed by atoms with Crippen molar-refractivity contribution in [1.82, 2.24) is 19.7 Å². The second-order valence-electron chi connectivity index (χ2n) is 4.38. The van der Waals surface area contributed by atoms with Crippen molar-refractivity contribution < 1.29 is 4.79 Å². The van der Waals surface area contributed by atoms with Crippen LogP contribution in [0.5, 0.6) is 0 Å². The summed E-state index contributed by atoms with van der Waals surface area (Å²) in [5.41, 5.74) is 3.24. The number of carbonyl (C=O) groups is 1. The second-order valence-corrected chi connectivity index (χ2v) is 4.38. The quantitative estimate of drug-likeness (QED) is 0.490. The van der Waals surface area contributed by atoms with Gasteiger partial charge in [-0.15, -0.1) is 0 Å². The summed E-state index contributed by atoms with van der Waals surface area (Å²) in [5.74, 6) is 6.61. The molecule has 2 aromatic heterocycles. The Morgan fingerprint density at radius 1 is 1.47 bits per heavy atom. The molecular formula is C11H15N7O. The molecule has 19 heavy (non-hydrogen) atoms. The lowest BCUT2D eigenvalue weighted by Crippen LogP contribution is -2.34. The van der Waals surface area contributed by atoms with Crippen LogP contribution < -0.4 is 21.5 Å². The molecule has 0 spiro atoms. The SMILES string of the molecule is NNc1cn2ccnc2c(N2CCCNC(=O)C2)n1. The number of carbonyl (C=O) groups excluding carboxylic acids is 1. The van der Waals surface area contributed by atoms with Crippen LogP contribution in [0.15, 0.2) is 18.6 Å². The molecule has 1 fully saturated rings. The molecular weight excluding hydrogens is 246 g/mol. The first-order valence-corrected chi connectivity index (χ1v) is 6.10. The molecule has 0 bridgehead atoms. The number of nitrogen functional groups attached to an aromatic ring is 1. The Hall–Kier alpha value is -2.35. The number of fused-ring (bicyclic) bond motifs is 1. The van der Waals surface area contributed by atoms with Gasteiger partial charge in [-0.25, -0.2) is 15.8 Å². The molecule has 0 aromatic carbocycles. The van der Waals surface area contributed by atoms with Crippen LogP contribution in [-0.2, 0) is 4.79 Å². The van der Waals surface area contributed by atoms with E-state index < -0.39 is 0 Å². The molecule has 100 valence electrons. The van der Waals surface area contributed by atoms with E-state index in [1.807, 2.05) is 15.5 Å². The number of aromatic nitrogens is 3. The van der Waals surface area contributed by atoms with Crippen molar-refractivity contribution in [1.29, 1.82) is 0 Å². The molecule has 0 saturated carbocycles. The lowest BCUT2D eigenvalue weighted by Gasteiger charge is -2.21. The topological polar surface area (TPSA) is 101 Å². The van der Waals surface area contributed by atoms with Crippen LogP contribution >= 0.6 is 0 Å². The number of amides is 1. The van der Waals surface area contributed by atoms with E-state index in [2.05, 4.69) is 20.7 Å². The predicted molar refractivity (Wildman–Crippen MR) is 70.6 cm³/mol. The molecule has 0 unspecified atom stereocenters. The molecule has 1 amide bonds. The van der Waals surface area contributed by atoms with Crippen LogP contribution in [-0.4, -0.2) is 39.9 Å². The summed E-state index contributed by atoms with van der Waals surface area (Å²) in [6, 6.07) is 0. The Labute approximate surface area is 109 Å². The number of imidazole rings is 1. The van der Waals surface area contributed by atoms with Crippen molar-refractivity contribution in [3.8, 4) is 0 Å². The molecule has 0 aliphatic carbocycles. The first-order chi connectivity index (χ1) is 9.28. The van der Waals surface area contributed by atoms with Crippen molar-refractivity contribution in [3.05, 3.63) is 18.6 Å². The van der Waals surface area contributed by atoms with E-state index in [0.717, 1.165) is 13.0 Å². The third-order valence-corrected chi connectivity index (χ3v) is 3.07. The fourth-order valence-corrected chi connectivity index (χ4v) is 2.18. The van der Waals surface area contributed by atoms with Crippen LogP contribution in [0.3, 0.4) is 0 Å². The fraction of sp³-hybridized carbons (Fsp3) is 0.364. The average molecular weight is 261 g/mol. The van der Waals surface area contributed by atoms with Gasteiger partial charge in [0, 0.05) is 25.5 Å². The molecule has 4 N–H and O–H groups in total. The minimum Gasteiger partial charge on any atom is -0.354 e. The first kappa shape index (κ1) is 11.7. The van der Waals surface area contributed by atoms with Crippen LogP contribution in [0.1, 0.15) is 6.42 Å². The number of nitrogens with zero attached hydrogens (tertiary/aromatic N) is 4. The van der Waals surface area contributed by atoms with Gasteiger partial charge in [0.05, 0.1) is 12.7 Å². The molecule has 2 aromatic rings. The van der Waals surface area contributed by atoms with Crippen molar-refractivity contribution in [2.45, 2.75) is 6.42 Å². The van der Waals surface area contributed by atoms with Crippen molar-refractivity contribution in [3.63, 3.8) is 0 Å². The number of hydrogen-bond donors (Lipinski definition) is 3. The lowest BCUT2D eigenvalue weighted by molar-refractivity contribution is -0.119. The Bertz CT molecular complexity index is 608. The molecule has 1 saturated heterocycles. The van der Waals surface area contributed by atoms with Crippen molar-refractivity contribution >= 4 is 23.2 Å². The van der Waals surface area contributed by atoms with Crippen LogP contribution in [0.25, 0.3) is 5.65 Å². The minimum absolute atomic E-state index is 0.00452. The first-order valence-electron chi connectivity index (χ1n) is 6.10. The summed E-state index contributed by atoms with van der Waals surface area (Å²) >= 11 is 0. The maximum absolute atomic E-state index is 11.6. The van der Waals surface area contributed by atoms with Gasteiger partial charge in [-0.2, -0.15) is 0 Å². The highest BCUT2D eigenvalue weighted by Crippen LogP contribution is 2.21. The number of nitrogens with two attached hydrogens (primary N) is 1. The number of nitrogens with one attached hydrogen (secondary N) is 2. The maximum Gasteiger partial charge on any atom is 0.239 e. The van der Waals surface area contributed by atoms with E-state index in [-0.39, 0.29) is 12.5 Å². The normalized spacial score (nSPS) is 16.3. The molecule has 1 aliphatic heterocycles. The molecule has 1 aliphatic rings. The molecule has 0 radical (unpaired) electrons. The number of hydrogen-bond acceptors (Lipinski definition) is 6. The van der Waals surface area contributed by atoms with E-state index in [1.165, 1.54) is 0 Å². The summed E-state index contributed by atoms with van der Waals surface area (Å²) in [7, 11) is 0. The fourth-order valence-electron chi connectivity index (χ4n) is 2.18. The van der Waals surface area contributed by atoms with Gasteiger partial charge in [-0.1, -0.05) is 0 Å². The standard InChI is InChI=1S/C11H15N7O/c12-16-8-6-18-5-3-14-10(18)11(15-8)17-4-1-2-13-9(19)7-17/h3,5-6,16H,1-2,4,7,12H2,(H,13,19). The van der Waals surface area contributed by atoms with E-state index in [0.29, 0.717) is 23.8 Å². The summed E-state index contributed by atoms with van der Waals surface area (Å²) in [6.45, 7) is 1.72. The molecule has 3 heterocycles. The Morgan fingerprint density at radius 2 is 2.37 bits per heavy atom. The zero-order valence-corrected chi connectivity index (χ0v) is 10.3. The Morgan fingerprint density at radius 3 is 3.21 bits per heavy atom. The number of anilines is 2. The highest BCUT2D eigenvalue weighted by atomic mass is 16.2. The van der Waals surface area contributed by atoms with Crippen molar-refractivity contribution in [2.24, 2.45) is 5.84 Å². The predicted octanol–water partition coefficient (Wildman–Crippen LogP) is -0.659. The van der Waals surface area contributed by atoms with Gasteiger partial charge in [0.15, 0.2) is 17.3 Å². The van der Waals surface area contributed by atoms with Gasteiger partial charge in [-0.3, -0.25) is 4.79 Å². The van der Waals surface area contributed by atoms with Gasteiger partial charge >= 0.3 is 0 Å². The Kier molecular flexibility index (Phi) is 2.92. The molecule has 0 atom stereocenters. The van der Waals surface area contributed by atoms with Crippen LogP contribution in [0, 0.1) is 0 Å². The van der Waals surface area contributed by atoms with Gasteiger partial charge < -0.3 is 20.0 Å².